The Bertz CT molecular complexity index is 218. The van der Waals surface area contributed by atoms with Gasteiger partial charge in [0.25, 0.3) is 0 Å². The number of ether oxygens (including phenoxy) is 1. The first-order valence-corrected chi connectivity index (χ1v) is 4.67. The Hall–Kier alpha value is -1.12. The molecule has 13 heavy (non-hydrogen) atoms. The van der Waals surface area contributed by atoms with Gasteiger partial charge in [0, 0.05) is 12.8 Å². The highest BCUT2D eigenvalue weighted by atomic mass is 16.6. The first kappa shape index (κ1) is 9.96. The molecule has 0 unspecified atom stereocenters. The van der Waals surface area contributed by atoms with Gasteiger partial charge >= 0.3 is 11.9 Å². The molecule has 0 amide bonds. The molecule has 0 saturated heterocycles. The van der Waals surface area contributed by atoms with Crippen LogP contribution in [0.2, 0.25) is 0 Å². The van der Waals surface area contributed by atoms with Crippen molar-refractivity contribution in [3.8, 4) is 0 Å². The molecular weight excluding hydrogens is 168 g/mol. The van der Waals surface area contributed by atoms with Gasteiger partial charge in [0.2, 0.25) is 0 Å². The SMILES string of the molecule is O=C1CC/C=C/CCCCC(=O)O1. The predicted molar refractivity (Wildman–Crippen MR) is 47.9 cm³/mol. The van der Waals surface area contributed by atoms with Crippen LogP contribution in [0.25, 0.3) is 0 Å². The third-order valence-corrected chi connectivity index (χ3v) is 1.91. The number of hydrogen-bond acceptors (Lipinski definition) is 3. The molecule has 0 N–H and O–H groups in total. The number of rotatable bonds is 0. The molecule has 0 radical (unpaired) electrons. The average Bonchev–Trinajstić information content (AvgIpc) is 2.11. The van der Waals surface area contributed by atoms with E-state index in [0.29, 0.717) is 19.3 Å². The quantitative estimate of drug-likeness (QED) is 0.327. The van der Waals surface area contributed by atoms with E-state index in [2.05, 4.69) is 10.8 Å². The topological polar surface area (TPSA) is 43.4 Å². The molecule has 0 aliphatic carbocycles. The Morgan fingerprint density at radius 3 is 2.46 bits per heavy atom. The maximum atomic E-state index is 11.0. The summed E-state index contributed by atoms with van der Waals surface area (Å²) in [5, 5.41) is 0. The fourth-order valence-electron chi connectivity index (χ4n) is 1.20. The second kappa shape index (κ2) is 5.51. The highest BCUT2D eigenvalue weighted by Crippen LogP contribution is 2.06. The third-order valence-electron chi connectivity index (χ3n) is 1.91. The number of hydrogen-bond donors (Lipinski definition) is 0. The summed E-state index contributed by atoms with van der Waals surface area (Å²) in [4.78, 5) is 21.9. The average molecular weight is 182 g/mol. The van der Waals surface area contributed by atoms with Crippen molar-refractivity contribution < 1.29 is 14.3 Å². The van der Waals surface area contributed by atoms with Crippen LogP contribution >= 0.6 is 0 Å². The van der Waals surface area contributed by atoms with Crippen LogP contribution in [0.15, 0.2) is 12.2 Å². The molecule has 3 nitrogen and oxygen atoms in total. The minimum Gasteiger partial charge on any atom is -0.393 e. The van der Waals surface area contributed by atoms with Crippen LogP contribution in [0.4, 0.5) is 0 Å². The standard InChI is InChI=1S/C10H14O3/c11-9-7-5-3-1-2-4-6-8-10(12)13-9/h1,3H,2,4-8H2/b3-1+. The van der Waals surface area contributed by atoms with Crippen LogP contribution < -0.4 is 0 Å². The summed E-state index contributed by atoms with van der Waals surface area (Å²) in [7, 11) is 0. The van der Waals surface area contributed by atoms with E-state index in [1.807, 2.05) is 6.08 Å². The Morgan fingerprint density at radius 1 is 0.923 bits per heavy atom. The van der Waals surface area contributed by atoms with Crippen molar-refractivity contribution in [2.24, 2.45) is 0 Å². The van der Waals surface area contributed by atoms with Crippen molar-refractivity contribution in [3.05, 3.63) is 12.2 Å². The fraction of sp³-hybridized carbons (Fsp3) is 0.600. The minimum atomic E-state index is -0.406. The Labute approximate surface area is 77.8 Å². The van der Waals surface area contributed by atoms with Crippen molar-refractivity contribution in [2.45, 2.75) is 38.5 Å². The monoisotopic (exact) mass is 182 g/mol. The van der Waals surface area contributed by atoms with Gasteiger partial charge in [0.1, 0.15) is 0 Å². The molecule has 0 aromatic carbocycles. The van der Waals surface area contributed by atoms with Gasteiger partial charge in [-0.05, 0) is 25.7 Å². The summed E-state index contributed by atoms with van der Waals surface area (Å²) < 4.78 is 4.57. The Morgan fingerprint density at radius 2 is 1.62 bits per heavy atom. The summed E-state index contributed by atoms with van der Waals surface area (Å²) in [5.74, 6) is -0.788. The molecule has 0 fully saturated rings. The maximum Gasteiger partial charge on any atom is 0.313 e. The van der Waals surface area contributed by atoms with Crippen LogP contribution in [0.1, 0.15) is 38.5 Å². The van der Waals surface area contributed by atoms with Crippen molar-refractivity contribution >= 4 is 11.9 Å². The van der Waals surface area contributed by atoms with Crippen molar-refractivity contribution in [1.29, 1.82) is 0 Å². The summed E-state index contributed by atoms with van der Waals surface area (Å²) in [6.45, 7) is 0. The van der Waals surface area contributed by atoms with Gasteiger partial charge < -0.3 is 4.74 Å². The minimum absolute atomic E-state index is 0.308. The van der Waals surface area contributed by atoms with Crippen molar-refractivity contribution in [2.75, 3.05) is 0 Å². The zero-order valence-electron chi connectivity index (χ0n) is 7.62. The molecule has 0 bridgehead atoms. The van der Waals surface area contributed by atoms with Crippen LogP contribution in [0, 0.1) is 0 Å². The van der Waals surface area contributed by atoms with Crippen molar-refractivity contribution in [1.82, 2.24) is 0 Å². The van der Waals surface area contributed by atoms with Crippen LogP contribution in [-0.4, -0.2) is 11.9 Å². The first-order valence-electron chi connectivity index (χ1n) is 4.67. The highest BCUT2D eigenvalue weighted by molar-refractivity contribution is 5.85. The van der Waals surface area contributed by atoms with Crippen LogP contribution in [-0.2, 0) is 14.3 Å². The molecule has 1 rings (SSSR count). The summed E-state index contributed by atoms with van der Waals surface area (Å²) >= 11 is 0. The highest BCUT2D eigenvalue weighted by Gasteiger charge is 2.09. The lowest BCUT2D eigenvalue weighted by Crippen LogP contribution is -2.11. The molecule has 1 aliphatic heterocycles. The first-order chi connectivity index (χ1) is 6.29. The number of esters is 2. The Kier molecular flexibility index (Phi) is 4.23. The Balaban J connectivity index is 2.42. The molecule has 0 saturated carbocycles. The number of allylic oxidation sites excluding steroid dienone is 2. The van der Waals surface area contributed by atoms with E-state index in [1.165, 1.54) is 0 Å². The molecule has 0 atom stereocenters. The van der Waals surface area contributed by atoms with E-state index in [1.54, 1.807) is 0 Å². The lowest BCUT2D eigenvalue weighted by molar-refractivity contribution is -0.159. The van der Waals surface area contributed by atoms with E-state index < -0.39 is 5.97 Å². The summed E-state index contributed by atoms with van der Waals surface area (Å²) in [6, 6.07) is 0. The van der Waals surface area contributed by atoms with E-state index in [0.717, 1.165) is 19.3 Å². The molecule has 72 valence electrons. The summed E-state index contributed by atoms with van der Waals surface area (Å²) in [6.07, 6.45) is 8.14. The second-order valence-electron chi connectivity index (χ2n) is 3.10. The maximum absolute atomic E-state index is 11.0. The van der Waals surface area contributed by atoms with Crippen LogP contribution in [0.5, 0.6) is 0 Å². The van der Waals surface area contributed by atoms with Gasteiger partial charge in [-0.25, -0.2) is 0 Å². The molecule has 0 aromatic rings. The van der Waals surface area contributed by atoms with Gasteiger partial charge in [-0.15, -0.1) is 0 Å². The van der Waals surface area contributed by atoms with Gasteiger partial charge in [-0.2, -0.15) is 0 Å². The number of carbonyl (C=O) groups excluding carboxylic acids is 2. The summed E-state index contributed by atoms with van der Waals surface area (Å²) in [5.41, 5.74) is 0. The van der Waals surface area contributed by atoms with Gasteiger partial charge in [0.05, 0.1) is 0 Å². The smallest absolute Gasteiger partial charge is 0.313 e. The van der Waals surface area contributed by atoms with Gasteiger partial charge in [-0.1, -0.05) is 12.2 Å². The molecule has 0 aromatic heterocycles. The van der Waals surface area contributed by atoms with Crippen LogP contribution in [0.3, 0.4) is 0 Å². The lowest BCUT2D eigenvalue weighted by Gasteiger charge is -1.99. The predicted octanol–water partition coefficient (Wildman–Crippen LogP) is 1.97. The number of carbonyl (C=O) groups is 2. The normalized spacial score (nSPS) is 23.1. The zero-order valence-corrected chi connectivity index (χ0v) is 7.62. The molecule has 1 heterocycles. The molecule has 3 heteroatoms. The largest absolute Gasteiger partial charge is 0.393 e. The number of cyclic esters (lactones) is 2. The van der Waals surface area contributed by atoms with E-state index in [4.69, 9.17) is 0 Å². The van der Waals surface area contributed by atoms with Crippen molar-refractivity contribution in [3.63, 3.8) is 0 Å². The van der Waals surface area contributed by atoms with Gasteiger partial charge in [-0.3, -0.25) is 9.59 Å². The second-order valence-corrected chi connectivity index (χ2v) is 3.10. The molecule has 0 spiro atoms. The molecular formula is C10H14O3. The van der Waals surface area contributed by atoms with E-state index >= 15 is 0 Å². The third kappa shape index (κ3) is 4.45. The van der Waals surface area contributed by atoms with Gasteiger partial charge in [0.15, 0.2) is 0 Å². The van der Waals surface area contributed by atoms with E-state index in [9.17, 15) is 9.59 Å². The molecule has 1 aliphatic rings. The van der Waals surface area contributed by atoms with E-state index in [-0.39, 0.29) is 5.97 Å². The zero-order chi connectivity index (χ0) is 9.52. The lowest BCUT2D eigenvalue weighted by atomic mass is 10.2. The fourth-order valence-corrected chi connectivity index (χ4v) is 1.20.